The Kier molecular flexibility index (Phi) is 3.46. The minimum absolute atomic E-state index is 0.998. The van der Waals surface area contributed by atoms with Gasteiger partial charge in [0.05, 0.1) is 6.54 Å². The fraction of sp³-hybridized carbons (Fsp3) is 0.500. The molecule has 18 heavy (non-hydrogen) atoms. The van der Waals surface area contributed by atoms with E-state index in [1.807, 2.05) is 11.8 Å². The van der Waals surface area contributed by atoms with Crippen molar-refractivity contribution in [2.75, 3.05) is 43.4 Å². The minimum Gasteiger partial charge on any atom is -0.368 e. The van der Waals surface area contributed by atoms with Gasteiger partial charge in [0.25, 0.3) is 0 Å². The van der Waals surface area contributed by atoms with Gasteiger partial charge in [-0.2, -0.15) is 0 Å². The summed E-state index contributed by atoms with van der Waals surface area (Å²) >= 11 is 1.91. The van der Waals surface area contributed by atoms with E-state index in [0.717, 1.165) is 38.5 Å². The molecule has 4 heteroatoms. The lowest BCUT2D eigenvalue weighted by molar-refractivity contribution is 0.392. The maximum atomic E-state index is 4.56. The van der Waals surface area contributed by atoms with E-state index < -0.39 is 0 Å². The average Bonchev–Trinajstić information content (AvgIpc) is 2.94. The van der Waals surface area contributed by atoms with Crippen molar-refractivity contribution in [2.24, 2.45) is 4.99 Å². The lowest BCUT2D eigenvalue weighted by atomic mass is 10.1. The number of hydrogen-bond donors (Lipinski definition) is 0. The summed E-state index contributed by atoms with van der Waals surface area (Å²) in [7, 11) is 0. The van der Waals surface area contributed by atoms with E-state index in [9.17, 15) is 0 Å². The number of para-hydroxylation sites is 1. The van der Waals surface area contributed by atoms with E-state index in [1.165, 1.54) is 16.4 Å². The molecule has 3 rings (SSSR count). The molecule has 0 spiro atoms. The lowest BCUT2D eigenvalue weighted by Gasteiger charge is -2.37. The second kappa shape index (κ2) is 5.22. The van der Waals surface area contributed by atoms with Crippen LogP contribution in [0.1, 0.15) is 5.56 Å². The van der Waals surface area contributed by atoms with Crippen LogP contribution in [0.2, 0.25) is 0 Å². The van der Waals surface area contributed by atoms with Crippen molar-refractivity contribution in [3.05, 3.63) is 29.8 Å². The molecule has 0 aromatic heterocycles. The SMILES string of the molecule is Cc1ccccc1N1CCN(C2=NCCS2)CC1. The Labute approximate surface area is 113 Å². The molecule has 0 bridgehead atoms. The number of benzene rings is 1. The number of amidine groups is 1. The Bertz CT molecular complexity index is 450. The second-order valence-corrected chi connectivity index (χ2v) is 5.84. The summed E-state index contributed by atoms with van der Waals surface area (Å²) in [6, 6.07) is 8.66. The van der Waals surface area contributed by atoms with Crippen LogP contribution in [0.4, 0.5) is 5.69 Å². The normalized spacial score (nSPS) is 20.2. The highest BCUT2D eigenvalue weighted by molar-refractivity contribution is 8.14. The summed E-state index contributed by atoms with van der Waals surface area (Å²) in [6.45, 7) is 7.59. The van der Waals surface area contributed by atoms with E-state index in [0.29, 0.717) is 0 Å². The maximum absolute atomic E-state index is 4.56. The van der Waals surface area contributed by atoms with Crippen LogP contribution in [0.15, 0.2) is 29.3 Å². The molecule has 1 aromatic rings. The number of nitrogens with zero attached hydrogens (tertiary/aromatic N) is 3. The van der Waals surface area contributed by atoms with Crippen molar-refractivity contribution >= 4 is 22.6 Å². The van der Waals surface area contributed by atoms with E-state index in [2.05, 4.69) is 46.0 Å². The Morgan fingerprint density at radius 3 is 2.44 bits per heavy atom. The molecular weight excluding hydrogens is 242 g/mol. The van der Waals surface area contributed by atoms with Crippen LogP contribution in [-0.2, 0) is 0 Å². The van der Waals surface area contributed by atoms with Crippen LogP contribution >= 0.6 is 11.8 Å². The molecule has 3 nitrogen and oxygen atoms in total. The smallest absolute Gasteiger partial charge is 0.159 e. The molecule has 0 aliphatic carbocycles. The third kappa shape index (κ3) is 2.34. The Morgan fingerprint density at radius 2 is 1.78 bits per heavy atom. The van der Waals surface area contributed by atoms with Gasteiger partial charge in [-0.25, -0.2) is 0 Å². The van der Waals surface area contributed by atoms with Gasteiger partial charge < -0.3 is 9.80 Å². The van der Waals surface area contributed by atoms with Gasteiger partial charge in [0, 0.05) is 37.6 Å². The first-order valence-electron chi connectivity index (χ1n) is 6.57. The molecule has 1 fully saturated rings. The first-order chi connectivity index (χ1) is 8.84. The molecule has 0 N–H and O–H groups in total. The quantitative estimate of drug-likeness (QED) is 0.772. The van der Waals surface area contributed by atoms with Crippen molar-refractivity contribution < 1.29 is 0 Å². The zero-order valence-electron chi connectivity index (χ0n) is 10.8. The van der Waals surface area contributed by atoms with Crippen molar-refractivity contribution in [2.45, 2.75) is 6.92 Å². The first kappa shape index (κ1) is 11.9. The molecule has 96 valence electrons. The van der Waals surface area contributed by atoms with Crippen LogP contribution in [0.3, 0.4) is 0 Å². The molecule has 2 aliphatic rings. The van der Waals surface area contributed by atoms with Gasteiger partial charge in [-0.3, -0.25) is 4.99 Å². The predicted molar refractivity (Wildman–Crippen MR) is 79.7 cm³/mol. The molecule has 0 atom stereocenters. The monoisotopic (exact) mass is 261 g/mol. The van der Waals surface area contributed by atoms with E-state index in [1.54, 1.807) is 0 Å². The van der Waals surface area contributed by atoms with Crippen LogP contribution in [0.25, 0.3) is 0 Å². The summed E-state index contributed by atoms with van der Waals surface area (Å²) in [4.78, 5) is 9.49. The van der Waals surface area contributed by atoms with Gasteiger partial charge in [0.2, 0.25) is 0 Å². The first-order valence-corrected chi connectivity index (χ1v) is 7.56. The van der Waals surface area contributed by atoms with E-state index >= 15 is 0 Å². The largest absolute Gasteiger partial charge is 0.368 e. The topological polar surface area (TPSA) is 18.8 Å². The van der Waals surface area contributed by atoms with Gasteiger partial charge in [-0.1, -0.05) is 30.0 Å². The number of hydrogen-bond acceptors (Lipinski definition) is 4. The van der Waals surface area contributed by atoms with Crippen molar-refractivity contribution in [1.82, 2.24) is 4.90 Å². The standard InChI is InChI=1S/C14H19N3S/c1-12-4-2-3-5-13(12)16-7-9-17(10-8-16)14-15-6-11-18-14/h2-5H,6-11H2,1H3. The Balaban J connectivity index is 1.65. The fourth-order valence-electron chi connectivity index (χ4n) is 2.57. The zero-order chi connectivity index (χ0) is 12.4. The third-order valence-corrected chi connectivity index (χ3v) is 4.61. The molecule has 0 saturated carbocycles. The number of thioether (sulfide) groups is 1. The maximum Gasteiger partial charge on any atom is 0.159 e. The van der Waals surface area contributed by atoms with Crippen LogP contribution in [-0.4, -0.2) is 48.5 Å². The van der Waals surface area contributed by atoms with Gasteiger partial charge in [0.15, 0.2) is 5.17 Å². The van der Waals surface area contributed by atoms with Gasteiger partial charge in [-0.05, 0) is 18.6 Å². The van der Waals surface area contributed by atoms with Crippen molar-refractivity contribution in [3.63, 3.8) is 0 Å². The molecular formula is C14H19N3S. The molecule has 1 saturated heterocycles. The summed E-state index contributed by atoms with van der Waals surface area (Å²) < 4.78 is 0. The molecule has 2 aliphatic heterocycles. The van der Waals surface area contributed by atoms with Crippen LogP contribution in [0.5, 0.6) is 0 Å². The molecule has 0 unspecified atom stereocenters. The summed E-state index contributed by atoms with van der Waals surface area (Å²) in [5.41, 5.74) is 2.76. The van der Waals surface area contributed by atoms with Gasteiger partial charge in [-0.15, -0.1) is 0 Å². The van der Waals surface area contributed by atoms with Gasteiger partial charge >= 0.3 is 0 Å². The zero-order valence-corrected chi connectivity index (χ0v) is 11.6. The minimum atomic E-state index is 0.998. The Hall–Kier alpha value is -1.16. The van der Waals surface area contributed by atoms with Crippen molar-refractivity contribution in [1.29, 1.82) is 0 Å². The summed E-state index contributed by atoms with van der Waals surface area (Å²) in [6.07, 6.45) is 0. The number of rotatable bonds is 1. The molecule has 0 radical (unpaired) electrons. The highest BCUT2D eigenvalue weighted by Crippen LogP contribution is 2.23. The third-order valence-electron chi connectivity index (χ3n) is 3.58. The highest BCUT2D eigenvalue weighted by atomic mass is 32.2. The fourth-order valence-corrected chi connectivity index (χ4v) is 3.48. The van der Waals surface area contributed by atoms with Gasteiger partial charge in [0.1, 0.15) is 0 Å². The number of aliphatic imine (C=N–C) groups is 1. The van der Waals surface area contributed by atoms with E-state index in [-0.39, 0.29) is 0 Å². The average molecular weight is 261 g/mol. The van der Waals surface area contributed by atoms with E-state index in [4.69, 9.17) is 0 Å². The highest BCUT2D eigenvalue weighted by Gasteiger charge is 2.22. The number of aryl methyl sites for hydroxylation is 1. The number of piperazine rings is 1. The second-order valence-electron chi connectivity index (χ2n) is 4.77. The number of anilines is 1. The van der Waals surface area contributed by atoms with Crippen LogP contribution in [0, 0.1) is 6.92 Å². The molecule has 0 amide bonds. The Morgan fingerprint density at radius 1 is 1.06 bits per heavy atom. The molecule has 1 aromatic carbocycles. The summed E-state index contributed by atoms with van der Waals surface area (Å²) in [5, 5.41) is 1.26. The van der Waals surface area contributed by atoms with Crippen LogP contribution < -0.4 is 4.90 Å². The lowest BCUT2D eigenvalue weighted by Crippen LogP contribution is -2.48. The summed E-state index contributed by atoms with van der Waals surface area (Å²) in [5.74, 6) is 1.16. The van der Waals surface area contributed by atoms with Crippen molar-refractivity contribution in [3.8, 4) is 0 Å². The molecule has 2 heterocycles. The predicted octanol–water partition coefficient (Wildman–Crippen LogP) is 2.22.